The number of benzene rings is 1. The average molecular weight is 485 g/mol. The van der Waals surface area contributed by atoms with E-state index in [4.69, 9.17) is 11.6 Å². The number of rotatable bonds is 7. The third-order valence-corrected chi connectivity index (χ3v) is 6.38. The molecular weight excluding hydrogens is 460 g/mol. The van der Waals surface area contributed by atoms with Crippen molar-refractivity contribution in [3.05, 3.63) is 76.6 Å². The fraction of sp³-hybridized carbons (Fsp3) is 0.250. The van der Waals surface area contributed by atoms with Crippen LogP contribution < -0.4 is 4.72 Å². The molecule has 0 saturated heterocycles. The zero-order chi connectivity index (χ0) is 24.2. The minimum atomic E-state index is -3.99. The fourth-order valence-electron chi connectivity index (χ4n) is 3.07. The van der Waals surface area contributed by atoms with Crippen LogP contribution in [0.3, 0.4) is 0 Å². The van der Waals surface area contributed by atoms with E-state index in [0.29, 0.717) is 12.4 Å². The molecule has 0 bridgehead atoms. The Morgan fingerprint density at radius 1 is 1.18 bits per heavy atom. The summed E-state index contributed by atoms with van der Waals surface area (Å²) in [7, 11) is -3.99. The van der Waals surface area contributed by atoms with Crippen LogP contribution in [0.15, 0.2) is 75.2 Å². The van der Waals surface area contributed by atoms with Gasteiger partial charge in [-0.3, -0.25) is 14.5 Å². The first-order valence-electron chi connectivity index (χ1n) is 10.3. The van der Waals surface area contributed by atoms with Crippen molar-refractivity contribution in [3.63, 3.8) is 0 Å². The monoisotopic (exact) mass is 484 g/mol. The van der Waals surface area contributed by atoms with E-state index in [1.807, 2.05) is 20.8 Å². The van der Waals surface area contributed by atoms with Gasteiger partial charge in [0.1, 0.15) is 11.5 Å². The Morgan fingerprint density at radius 3 is 2.45 bits per heavy atom. The number of aliphatic imine (C=N–C) groups is 2. The largest absolute Gasteiger partial charge is 0.287 e. The predicted molar refractivity (Wildman–Crippen MR) is 133 cm³/mol. The molecule has 7 nitrogen and oxygen atoms in total. The van der Waals surface area contributed by atoms with Crippen molar-refractivity contribution in [1.29, 1.82) is 0 Å². The van der Waals surface area contributed by atoms with Gasteiger partial charge in [0.15, 0.2) is 0 Å². The zero-order valence-corrected chi connectivity index (χ0v) is 20.4. The second-order valence-corrected chi connectivity index (χ2v) is 10.5. The molecule has 172 valence electrons. The van der Waals surface area contributed by atoms with Gasteiger partial charge in [-0.1, -0.05) is 56.7 Å². The van der Waals surface area contributed by atoms with Gasteiger partial charge in [-0.25, -0.2) is 18.4 Å². The van der Waals surface area contributed by atoms with Gasteiger partial charge in [0.2, 0.25) is 5.78 Å². The molecule has 0 aliphatic carbocycles. The fourth-order valence-corrected chi connectivity index (χ4v) is 4.29. The summed E-state index contributed by atoms with van der Waals surface area (Å²) < 4.78 is 28.6. The summed E-state index contributed by atoms with van der Waals surface area (Å²) in [4.78, 5) is 25.7. The standard InChI is InChI=1S/C24H25ClN4O3S/c1-5-6-16(13-21-26-11-12-27-21)23(30)22-20(14-18(25)15-28-22)29-33(31,32)19-9-7-17(8-10-19)24(2,3)4/h5-11,13-15,29H,12H2,1-4H3/b6-5-,16-13+. The van der Waals surface area contributed by atoms with Crippen LogP contribution in [0.1, 0.15) is 43.7 Å². The first-order chi connectivity index (χ1) is 15.5. The highest BCUT2D eigenvalue weighted by molar-refractivity contribution is 7.92. The molecule has 0 unspecified atom stereocenters. The third kappa shape index (κ3) is 6.03. The number of anilines is 1. The van der Waals surface area contributed by atoms with E-state index in [0.717, 1.165) is 5.56 Å². The summed E-state index contributed by atoms with van der Waals surface area (Å²) in [6.45, 7) is 8.34. The van der Waals surface area contributed by atoms with Gasteiger partial charge >= 0.3 is 0 Å². The molecule has 0 saturated carbocycles. The number of ketones is 1. The maximum Gasteiger partial charge on any atom is 0.261 e. The van der Waals surface area contributed by atoms with Gasteiger partial charge in [0.25, 0.3) is 10.0 Å². The molecule has 1 aliphatic heterocycles. The van der Waals surface area contributed by atoms with E-state index in [9.17, 15) is 13.2 Å². The van der Waals surface area contributed by atoms with Gasteiger partial charge in [0, 0.05) is 18.0 Å². The van der Waals surface area contributed by atoms with E-state index < -0.39 is 15.8 Å². The summed E-state index contributed by atoms with van der Waals surface area (Å²) in [6, 6.07) is 7.97. The lowest BCUT2D eigenvalue weighted by atomic mass is 9.87. The summed E-state index contributed by atoms with van der Waals surface area (Å²) in [6.07, 6.45) is 7.75. The lowest BCUT2D eigenvalue weighted by molar-refractivity contribution is 0.103. The number of Topliss-reactive ketones (excluding diaryl/α,β-unsaturated/α-hetero) is 1. The number of allylic oxidation sites excluding steroid dienone is 3. The van der Waals surface area contributed by atoms with Crippen molar-refractivity contribution in [2.45, 2.75) is 38.0 Å². The summed E-state index contributed by atoms with van der Waals surface area (Å²) in [5.74, 6) is -0.0816. The molecule has 0 spiro atoms. The van der Waals surface area contributed by atoms with Crippen molar-refractivity contribution in [2.24, 2.45) is 9.98 Å². The Labute approximate surface area is 199 Å². The van der Waals surface area contributed by atoms with Crippen LogP contribution in [0.5, 0.6) is 0 Å². The number of halogens is 1. The number of sulfonamides is 1. The molecule has 0 atom stereocenters. The first kappa shape index (κ1) is 24.5. The van der Waals surface area contributed by atoms with Crippen molar-refractivity contribution in [2.75, 3.05) is 11.3 Å². The minimum Gasteiger partial charge on any atom is -0.287 e. The number of carbonyl (C=O) groups excluding carboxylic acids is 1. The normalized spacial score (nSPS) is 14.6. The molecular formula is C24H25ClN4O3S. The smallest absolute Gasteiger partial charge is 0.261 e. The molecule has 0 fully saturated rings. The van der Waals surface area contributed by atoms with Crippen molar-refractivity contribution >= 4 is 45.1 Å². The Bertz CT molecular complexity index is 1290. The highest BCUT2D eigenvalue weighted by Crippen LogP contribution is 2.27. The number of carbonyl (C=O) groups is 1. The van der Waals surface area contributed by atoms with Crippen molar-refractivity contribution in [3.8, 4) is 0 Å². The molecule has 3 rings (SSSR count). The van der Waals surface area contributed by atoms with Gasteiger partial charge in [0.05, 0.1) is 22.2 Å². The number of pyridine rings is 1. The molecule has 33 heavy (non-hydrogen) atoms. The first-order valence-corrected chi connectivity index (χ1v) is 12.1. The highest BCUT2D eigenvalue weighted by Gasteiger charge is 2.23. The maximum absolute atomic E-state index is 13.3. The van der Waals surface area contributed by atoms with Gasteiger partial charge in [-0.15, -0.1) is 0 Å². The molecule has 2 aromatic rings. The van der Waals surface area contributed by atoms with Crippen LogP contribution in [-0.4, -0.2) is 37.8 Å². The highest BCUT2D eigenvalue weighted by atomic mass is 35.5. The number of amidine groups is 1. The molecule has 1 aromatic heterocycles. The Balaban J connectivity index is 1.98. The van der Waals surface area contributed by atoms with Crippen molar-refractivity contribution < 1.29 is 13.2 Å². The summed E-state index contributed by atoms with van der Waals surface area (Å²) in [5.41, 5.74) is 1.05. The summed E-state index contributed by atoms with van der Waals surface area (Å²) >= 11 is 6.07. The maximum atomic E-state index is 13.3. The van der Waals surface area contributed by atoms with Crippen LogP contribution in [0.2, 0.25) is 5.02 Å². The number of aromatic nitrogens is 1. The van der Waals surface area contributed by atoms with E-state index in [1.54, 1.807) is 37.4 Å². The number of hydrogen-bond acceptors (Lipinski definition) is 6. The topological polar surface area (TPSA) is 101 Å². The van der Waals surface area contributed by atoms with Crippen LogP contribution in [-0.2, 0) is 15.4 Å². The Morgan fingerprint density at radius 2 is 1.88 bits per heavy atom. The second kappa shape index (κ2) is 9.80. The van der Waals surface area contributed by atoms with Gasteiger partial charge in [-0.2, -0.15) is 0 Å². The lowest BCUT2D eigenvalue weighted by Crippen LogP contribution is -2.18. The quantitative estimate of drug-likeness (QED) is 0.339. The molecule has 1 aliphatic rings. The number of nitrogens with zero attached hydrogens (tertiary/aromatic N) is 3. The minimum absolute atomic E-state index is 0.0142. The average Bonchev–Trinajstić information content (AvgIpc) is 3.25. The van der Waals surface area contributed by atoms with E-state index in [1.165, 1.54) is 30.5 Å². The van der Waals surface area contributed by atoms with Crippen molar-refractivity contribution in [1.82, 2.24) is 4.98 Å². The lowest BCUT2D eigenvalue weighted by Gasteiger charge is -2.19. The summed E-state index contributed by atoms with van der Waals surface area (Å²) in [5, 5.41) is 0.189. The Hall–Kier alpha value is -3.10. The van der Waals surface area contributed by atoms with Crippen LogP contribution >= 0.6 is 11.6 Å². The zero-order valence-electron chi connectivity index (χ0n) is 18.8. The van der Waals surface area contributed by atoms with E-state index in [2.05, 4.69) is 19.7 Å². The molecule has 0 radical (unpaired) electrons. The van der Waals surface area contributed by atoms with Crippen LogP contribution in [0.25, 0.3) is 0 Å². The number of nitrogens with one attached hydrogen (secondary N) is 1. The number of hydrogen-bond donors (Lipinski definition) is 1. The van der Waals surface area contributed by atoms with E-state index >= 15 is 0 Å². The molecule has 2 heterocycles. The second-order valence-electron chi connectivity index (χ2n) is 8.37. The third-order valence-electron chi connectivity index (χ3n) is 4.80. The Kier molecular flexibility index (Phi) is 7.29. The molecule has 1 aromatic carbocycles. The van der Waals surface area contributed by atoms with Gasteiger partial charge < -0.3 is 0 Å². The SMILES string of the molecule is C/C=C\C(=C/C1=NCC=N1)C(=O)c1ncc(Cl)cc1NS(=O)(=O)c1ccc(C(C)(C)C)cc1. The molecule has 9 heteroatoms. The van der Waals surface area contributed by atoms with Crippen LogP contribution in [0, 0.1) is 0 Å². The predicted octanol–water partition coefficient (Wildman–Crippen LogP) is 5.00. The van der Waals surface area contributed by atoms with Gasteiger partial charge in [-0.05, 0) is 42.2 Å². The van der Waals surface area contributed by atoms with E-state index in [-0.39, 0.29) is 32.3 Å². The molecule has 0 amide bonds. The molecule has 1 N–H and O–H groups in total. The van der Waals surface area contributed by atoms with Crippen LogP contribution in [0.4, 0.5) is 5.69 Å².